The first-order valence-electron chi connectivity index (χ1n) is 6.78. The largest absolute Gasteiger partial charge is 0.392 e. The second kappa shape index (κ2) is 3.69. The molecular formula is C15H22O3. The Bertz CT molecular complexity index is 416. The lowest BCUT2D eigenvalue weighted by Crippen LogP contribution is -2.37. The van der Waals surface area contributed by atoms with Crippen LogP contribution in [0, 0.1) is 17.3 Å². The molecule has 0 spiro atoms. The van der Waals surface area contributed by atoms with E-state index in [1.54, 1.807) is 0 Å². The summed E-state index contributed by atoms with van der Waals surface area (Å²) in [6.07, 6.45) is 5.83. The minimum Gasteiger partial charge on any atom is -0.392 e. The molecule has 2 N–H and O–H groups in total. The Kier molecular flexibility index (Phi) is 2.54. The number of aliphatic hydroxyl groups is 2. The molecule has 0 aromatic carbocycles. The van der Waals surface area contributed by atoms with E-state index < -0.39 is 11.7 Å². The monoisotopic (exact) mass is 250 g/mol. The van der Waals surface area contributed by atoms with E-state index in [0.717, 1.165) is 12.8 Å². The lowest BCUT2D eigenvalue weighted by Gasteiger charge is -2.39. The van der Waals surface area contributed by atoms with Gasteiger partial charge in [0.25, 0.3) is 0 Å². The van der Waals surface area contributed by atoms with Crippen LogP contribution in [0.15, 0.2) is 24.3 Å². The molecule has 1 saturated heterocycles. The lowest BCUT2D eigenvalue weighted by molar-refractivity contribution is 0.0345. The number of hydrogen-bond acceptors (Lipinski definition) is 3. The zero-order chi connectivity index (χ0) is 13.1. The second-order valence-corrected chi connectivity index (χ2v) is 6.41. The summed E-state index contributed by atoms with van der Waals surface area (Å²) in [5.74, 6) is 1.04. The Morgan fingerprint density at radius 2 is 2.33 bits per heavy atom. The van der Waals surface area contributed by atoms with Gasteiger partial charge in [-0.05, 0) is 30.3 Å². The van der Waals surface area contributed by atoms with Crippen molar-refractivity contribution in [3.05, 3.63) is 24.3 Å². The Hall–Kier alpha value is -0.640. The van der Waals surface area contributed by atoms with Crippen molar-refractivity contribution in [2.45, 2.75) is 44.5 Å². The first kappa shape index (κ1) is 12.4. The van der Waals surface area contributed by atoms with Crippen LogP contribution in [0.3, 0.4) is 0 Å². The smallest absolute Gasteiger partial charge is 0.126 e. The van der Waals surface area contributed by atoms with Gasteiger partial charge < -0.3 is 14.9 Å². The van der Waals surface area contributed by atoms with Crippen LogP contribution in [-0.2, 0) is 4.74 Å². The maximum Gasteiger partial charge on any atom is 0.126 e. The van der Waals surface area contributed by atoms with E-state index in [9.17, 15) is 5.11 Å². The van der Waals surface area contributed by atoms with Gasteiger partial charge in [-0.3, -0.25) is 0 Å². The standard InChI is InChI=1S/C15H22O3/c1-9(8-16)12(17)15-7-11-6-4-5-10(2)14(11,3)13(15)18-15/h4,6,10-13,16-17H,1,5,7-8H2,2-3H3/t10-,11+,12?,13-,14+,15-/m1/s1. The van der Waals surface area contributed by atoms with Crippen molar-refractivity contribution in [3.8, 4) is 0 Å². The number of epoxide rings is 1. The van der Waals surface area contributed by atoms with E-state index in [1.165, 1.54) is 0 Å². The molecule has 1 unspecified atom stereocenters. The molecule has 6 atom stereocenters. The maximum atomic E-state index is 10.4. The Morgan fingerprint density at radius 1 is 1.61 bits per heavy atom. The van der Waals surface area contributed by atoms with Crippen LogP contribution < -0.4 is 0 Å². The lowest BCUT2D eigenvalue weighted by atomic mass is 9.65. The SMILES string of the molecule is C=C(CO)C(O)[C@]12C[C@@H]3C=CC[C@@H](C)[C@]3(C)[C@H]1O2. The summed E-state index contributed by atoms with van der Waals surface area (Å²) in [6, 6.07) is 0. The number of ether oxygens (including phenoxy) is 1. The molecular weight excluding hydrogens is 228 g/mol. The summed E-state index contributed by atoms with van der Waals surface area (Å²) in [5, 5.41) is 19.5. The highest BCUT2D eigenvalue weighted by Crippen LogP contribution is 2.68. The van der Waals surface area contributed by atoms with E-state index >= 15 is 0 Å². The molecule has 18 heavy (non-hydrogen) atoms. The van der Waals surface area contributed by atoms with Crippen molar-refractivity contribution >= 4 is 0 Å². The number of allylic oxidation sites excluding steroid dienone is 2. The summed E-state index contributed by atoms with van der Waals surface area (Å²) in [4.78, 5) is 0. The summed E-state index contributed by atoms with van der Waals surface area (Å²) in [6.45, 7) is 8.12. The highest BCUT2D eigenvalue weighted by atomic mass is 16.6. The molecule has 3 aliphatic rings. The van der Waals surface area contributed by atoms with Gasteiger partial charge in [-0.15, -0.1) is 0 Å². The number of rotatable bonds is 3. The predicted octanol–water partition coefficient (Wildman–Crippen LogP) is 1.66. The fraction of sp³-hybridized carbons (Fsp3) is 0.733. The van der Waals surface area contributed by atoms with Crippen molar-refractivity contribution in [2.75, 3.05) is 6.61 Å². The molecule has 0 aromatic heterocycles. The van der Waals surface area contributed by atoms with Crippen molar-refractivity contribution in [3.63, 3.8) is 0 Å². The number of hydrogen-bond donors (Lipinski definition) is 2. The van der Waals surface area contributed by atoms with Crippen molar-refractivity contribution < 1.29 is 14.9 Å². The molecule has 0 aromatic rings. The normalized spacial score (nSPS) is 50.6. The summed E-state index contributed by atoms with van der Waals surface area (Å²) >= 11 is 0. The van der Waals surface area contributed by atoms with Crippen LogP contribution in [0.4, 0.5) is 0 Å². The van der Waals surface area contributed by atoms with Gasteiger partial charge in [-0.1, -0.05) is 32.6 Å². The number of fused-ring (bicyclic) bond motifs is 3. The Morgan fingerprint density at radius 3 is 2.94 bits per heavy atom. The first-order chi connectivity index (χ1) is 8.46. The molecule has 3 heteroatoms. The third kappa shape index (κ3) is 1.30. The summed E-state index contributed by atoms with van der Waals surface area (Å²) < 4.78 is 5.91. The zero-order valence-corrected chi connectivity index (χ0v) is 11.1. The van der Waals surface area contributed by atoms with Gasteiger partial charge in [-0.25, -0.2) is 0 Å². The molecule has 2 aliphatic carbocycles. The van der Waals surface area contributed by atoms with Crippen LogP contribution in [-0.4, -0.2) is 34.6 Å². The molecule has 1 aliphatic heterocycles. The molecule has 2 fully saturated rings. The van der Waals surface area contributed by atoms with Gasteiger partial charge in [0.2, 0.25) is 0 Å². The average Bonchev–Trinajstić information content (AvgIpc) is 3.04. The number of aliphatic hydroxyl groups excluding tert-OH is 2. The van der Waals surface area contributed by atoms with Gasteiger partial charge in [0.05, 0.1) is 12.7 Å². The topological polar surface area (TPSA) is 53.0 Å². The fourth-order valence-electron chi connectivity index (χ4n) is 4.10. The van der Waals surface area contributed by atoms with E-state index in [2.05, 4.69) is 32.6 Å². The minimum atomic E-state index is -0.740. The first-order valence-corrected chi connectivity index (χ1v) is 6.78. The predicted molar refractivity (Wildman–Crippen MR) is 69.0 cm³/mol. The fourth-order valence-corrected chi connectivity index (χ4v) is 4.10. The maximum absolute atomic E-state index is 10.4. The van der Waals surface area contributed by atoms with Crippen LogP contribution in [0.2, 0.25) is 0 Å². The van der Waals surface area contributed by atoms with Crippen LogP contribution in [0.1, 0.15) is 26.7 Å². The molecule has 100 valence electrons. The van der Waals surface area contributed by atoms with Gasteiger partial charge in [0.15, 0.2) is 0 Å². The quantitative estimate of drug-likeness (QED) is 0.591. The third-order valence-corrected chi connectivity index (χ3v) is 5.60. The highest BCUT2D eigenvalue weighted by molar-refractivity contribution is 5.32. The van der Waals surface area contributed by atoms with Crippen LogP contribution in [0.5, 0.6) is 0 Å². The van der Waals surface area contributed by atoms with E-state index in [-0.39, 0.29) is 18.1 Å². The summed E-state index contributed by atoms with van der Waals surface area (Å²) in [7, 11) is 0. The third-order valence-electron chi connectivity index (χ3n) is 5.60. The van der Waals surface area contributed by atoms with Crippen molar-refractivity contribution in [1.29, 1.82) is 0 Å². The molecule has 0 bridgehead atoms. The molecule has 1 saturated carbocycles. The van der Waals surface area contributed by atoms with Gasteiger partial charge in [0, 0.05) is 5.41 Å². The second-order valence-electron chi connectivity index (χ2n) is 6.41. The molecule has 0 amide bonds. The Labute approximate surface area is 108 Å². The van der Waals surface area contributed by atoms with E-state index in [4.69, 9.17) is 9.84 Å². The van der Waals surface area contributed by atoms with Gasteiger partial charge in [-0.2, -0.15) is 0 Å². The van der Waals surface area contributed by atoms with Crippen LogP contribution in [0.25, 0.3) is 0 Å². The highest BCUT2D eigenvalue weighted by Gasteiger charge is 2.76. The minimum absolute atomic E-state index is 0.105. The molecule has 1 heterocycles. The molecule has 3 nitrogen and oxygen atoms in total. The van der Waals surface area contributed by atoms with E-state index in [0.29, 0.717) is 17.4 Å². The van der Waals surface area contributed by atoms with Crippen LogP contribution >= 0.6 is 0 Å². The molecule has 0 radical (unpaired) electrons. The van der Waals surface area contributed by atoms with Gasteiger partial charge >= 0.3 is 0 Å². The summed E-state index contributed by atoms with van der Waals surface area (Å²) in [5.41, 5.74) is 0.101. The average molecular weight is 250 g/mol. The van der Waals surface area contributed by atoms with Gasteiger partial charge in [0.1, 0.15) is 11.7 Å². The van der Waals surface area contributed by atoms with E-state index in [1.807, 2.05) is 0 Å². The van der Waals surface area contributed by atoms with Crippen molar-refractivity contribution in [1.82, 2.24) is 0 Å². The Balaban J connectivity index is 1.90. The zero-order valence-electron chi connectivity index (χ0n) is 11.1. The molecule has 3 rings (SSSR count). The van der Waals surface area contributed by atoms with Crippen molar-refractivity contribution in [2.24, 2.45) is 17.3 Å².